The highest BCUT2D eigenvalue weighted by molar-refractivity contribution is 7.16. The lowest BCUT2D eigenvalue weighted by Gasteiger charge is -2.45. The zero-order valence-corrected chi connectivity index (χ0v) is 18.9. The molecule has 0 amide bonds. The molecule has 0 unspecified atom stereocenters. The lowest BCUT2D eigenvalue weighted by atomic mass is 9.84. The van der Waals surface area contributed by atoms with E-state index in [-0.39, 0.29) is 5.56 Å². The predicted molar refractivity (Wildman–Crippen MR) is 116 cm³/mol. The van der Waals surface area contributed by atoms with Gasteiger partial charge in [0.25, 0.3) is 5.92 Å². The minimum atomic E-state index is -2.98. The maximum atomic E-state index is 14.3. The van der Waals surface area contributed by atoms with Crippen LogP contribution in [0.2, 0.25) is 4.34 Å². The van der Waals surface area contributed by atoms with Crippen molar-refractivity contribution in [1.29, 1.82) is 0 Å². The third-order valence-corrected chi connectivity index (χ3v) is 7.75. The molecule has 1 fully saturated rings. The quantitative estimate of drug-likeness (QED) is 0.533. The van der Waals surface area contributed by atoms with Crippen molar-refractivity contribution >= 4 is 22.9 Å². The lowest BCUT2D eigenvalue weighted by Crippen LogP contribution is -2.48. The normalized spacial score (nSPS) is 20.2. The van der Waals surface area contributed by atoms with Gasteiger partial charge in [0.15, 0.2) is 5.82 Å². The monoisotopic (exact) mass is 464 g/mol. The minimum absolute atomic E-state index is 0.0463. The van der Waals surface area contributed by atoms with E-state index in [0.717, 1.165) is 42.3 Å². The van der Waals surface area contributed by atoms with Crippen LogP contribution in [-0.2, 0) is 22.8 Å². The Bertz CT molecular complexity index is 1120. The first-order valence-corrected chi connectivity index (χ1v) is 11.5. The molecule has 0 bridgehead atoms. The molecule has 0 radical (unpaired) electrons. The third kappa shape index (κ3) is 3.69. The van der Waals surface area contributed by atoms with Gasteiger partial charge in [-0.25, -0.2) is 9.67 Å². The molecule has 0 atom stereocenters. The Morgan fingerprint density at radius 3 is 2.77 bits per heavy atom. The molecule has 31 heavy (non-hydrogen) atoms. The van der Waals surface area contributed by atoms with Crippen LogP contribution in [0, 0.1) is 13.8 Å². The number of nitrogens with zero attached hydrogens (tertiary/aromatic N) is 4. The Labute approximate surface area is 188 Å². The van der Waals surface area contributed by atoms with Gasteiger partial charge in [0.1, 0.15) is 12.2 Å². The summed E-state index contributed by atoms with van der Waals surface area (Å²) in [7, 11) is 0. The Hall–Kier alpha value is -1.87. The number of hydrogen-bond acceptors (Lipinski definition) is 5. The van der Waals surface area contributed by atoms with Crippen molar-refractivity contribution < 1.29 is 13.5 Å². The molecule has 5 rings (SSSR count). The molecular weight excluding hydrogens is 442 g/mol. The molecule has 2 aliphatic rings. The van der Waals surface area contributed by atoms with E-state index >= 15 is 0 Å². The van der Waals surface area contributed by atoms with Crippen LogP contribution in [0.25, 0.3) is 5.82 Å². The number of piperidine rings is 1. The van der Waals surface area contributed by atoms with Gasteiger partial charge in [-0.3, -0.25) is 4.90 Å². The van der Waals surface area contributed by atoms with E-state index in [1.165, 1.54) is 17.4 Å². The number of aromatic nitrogens is 3. The molecule has 2 aliphatic heterocycles. The van der Waals surface area contributed by atoms with E-state index in [0.29, 0.717) is 22.1 Å². The Morgan fingerprint density at radius 2 is 2.03 bits per heavy atom. The number of hydrogen-bond donors (Lipinski definition) is 0. The average Bonchev–Trinajstić information content (AvgIpc) is 3.31. The fourth-order valence-corrected chi connectivity index (χ4v) is 5.98. The summed E-state index contributed by atoms with van der Waals surface area (Å²) in [4.78, 5) is 7.37. The number of rotatable bonds is 3. The number of ether oxygens (including phenoxy) is 1. The number of likely N-dealkylation sites (tertiary alicyclic amines) is 1. The molecule has 0 aromatic carbocycles. The van der Waals surface area contributed by atoms with Crippen LogP contribution in [0.4, 0.5) is 8.78 Å². The van der Waals surface area contributed by atoms with Crippen molar-refractivity contribution in [1.82, 2.24) is 19.7 Å². The van der Waals surface area contributed by atoms with Crippen LogP contribution in [0.3, 0.4) is 0 Å². The van der Waals surface area contributed by atoms with Gasteiger partial charge in [0.05, 0.1) is 10.0 Å². The van der Waals surface area contributed by atoms with E-state index in [4.69, 9.17) is 16.3 Å². The Balaban J connectivity index is 1.32. The smallest absolute Gasteiger partial charge is 0.297 e. The van der Waals surface area contributed by atoms with Gasteiger partial charge < -0.3 is 4.74 Å². The first-order chi connectivity index (χ1) is 14.8. The molecule has 5 nitrogen and oxygen atoms in total. The fraction of sp³-hybridized carbons (Fsp3) is 0.455. The lowest BCUT2D eigenvalue weighted by molar-refractivity contribution is -0.182. The number of pyridine rings is 1. The van der Waals surface area contributed by atoms with E-state index < -0.39 is 18.1 Å². The molecule has 0 aliphatic carbocycles. The summed E-state index contributed by atoms with van der Waals surface area (Å²) in [6, 6.07) is 5.34. The van der Waals surface area contributed by atoms with E-state index in [9.17, 15) is 8.78 Å². The van der Waals surface area contributed by atoms with Gasteiger partial charge in [0, 0.05) is 48.0 Å². The maximum absolute atomic E-state index is 14.3. The molecule has 3 aromatic rings. The number of thiophene rings is 1. The van der Waals surface area contributed by atoms with E-state index in [1.807, 2.05) is 36.9 Å². The summed E-state index contributed by atoms with van der Waals surface area (Å²) < 4.78 is 36.7. The molecule has 1 spiro atoms. The van der Waals surface area contributed by atoms with Gasteiger partial charge in [-0.05, 0) is 44.4 Å². The second kappa shape index (κ2) is 7.62. The minimum Gasteiger partial charge on any atom is -0.363 e. The van der Waals surface area contributed by atoms with Crippen LogP contribution in [0.15, 0.2) is 30.6 Å². The van der Waals surface area contributed by atoms with Crippen molar-refractivity contribution in [2.24, 2.45) is 0 Å². The molecular formula is C22H23ClF2N4OS. The number of fused-ring (bicyclic) bond motifs is 2. The van der Waals surface area contributed by atoms with Gasteiger partial charge >= 0.3 is 0 Å². The first-order valence-electron chi connectivity index (χ1n) is 10.3. The summed E-state index contributed by atoms with van der Waals surface area (Å²) >= 11 is 7.33. The van der Waals surface area contributed by atoms with Crippen molar-refractivity contribution in [2.45, 2.75) is 44.8 Å². The summed E-state index contributed by atoms with van der Waals surface area (Å²) in [5.41, 5.74) is 2.55. The standard InChI is InChI=1S/C22H23ClF2N4OS/c1-14-4-3-7-26-20(14)29-12-16(15(2)27-29)11-28-8-5-21(6-9-28)19-17(10-18(23)31-19)22(24,25)13-30-21/h3-4,7,10,12H,5-6,8-9,11,13H2,1-2H3. The molecule has 1 saturated heterocycles. The first kappa shape index (κ1) is 21.0. The summed E-state index contributed by atoms with van der Waals surface area (Å²) in [5.74, 6) is -2.15. The molecule has 9 heteroatoms. The third-order valence-electron chi connectivity index (χ3n) is 6.30. The molecule has 5 heterocycles. The van der Waals surface area contributed by atoms with Crippen molar-refractivity contribution in [3.05, 3.63) is 62.2 Å². The number of halogens is 3. The van der Waals surface area contributed by atoms with Crippen LogP contribution in [0.1, 0.15) is 40.1 Å². The van der Waals surface area contributed by atoms with Crippen LogP contribution < -0.4 is 0 Å². The van der Waals surface area contributed by atoms with Crippen LogP contribution in [-0.4, -0.2) is 39.4 Å². The van der Waals surface area contributed by atoms with Crippen molar-refractivity contribution in [3.63, 3.8) is 0 Å². The van der Waals surface area contributed by atoms with Crippen molar-refractivity contribution in [3.8, 4) is 5.82 Å². The molecule has 164 valence electrons. The van der Waals surface area contributed by atoms with Crippen molar-refractivity contribution in [2.75, 3.05) is 19.7 Å². The second-order valence-corrected chi connectivity index (χ2v) is 10.1. The Morgan fingerprint density at radius 1 is 1.26 bits per heavy atom. The SMILES string of the molecule is Cc1cccnc1-n1cc(CN2CCC3(CC2)OCC(F)(F)c2cc(Cl)sc23)c(C)n1. The summed E-state index contributed by atoms with van der Waals surface area (Å²) in [6.45, 7) is 5.70. The number of aryl methyl sites for hydroxylation is 2. The van der Waals surface area contributed by atoms with E-state index in [1.54, 1.807) is 6.20 Å². The molecule has 0 saturated carbocycles. The molecule has 3 aromatic heterocycles. The predicted octanol–water partition coefficient (Wildman–Crippen LogP) is 5.21. The highest BCUT2D eigenvalue weighted by Gasteiger charge is 2.51. The fourth-order valence-electron chi connectivity index (χ4n) is 4.50. The number of alkyl halides is 2. The zero-order chi connectivity index (χ0) is 21.8. The highest BCUT2D eigenvalue weighted by atomic mass is 35.5. The van der Waals surface area contributed by atoms with Gasteiger partial charge in [-0.2, -0.15) is 13.9 Å². The largest absolute Gasteiger partial charge is 0.363 e. The Kier molecular flexibility index (Phi) is 5.16. The van der Waals surface area contributed by atoms with Gasteiger partial charge in [0.2, 0.25) is 0 Å². The van der Waals surface area contributed by atoms with Gasteiger partial charge in [-0.15, -0.1) is 11.3 Å². The summed E-state index contributed by atoms with van der Waals surface area (Å²) in [6.07, 6.45) is 5.13. The van der Waals surface area contributed by atoms with Gasteiger partial charge in [-0.1, -0.05) is 17.7 Å². The maximum Gasteiger partial charge on any atom is 0.297 e. The zero-order valence-electron chi connectivity index (χ0n) is 17.4. The second-order valence-electron chi connectivity index (χ2n) is 8.39. The summed E-state index contributed by atoms with van der Waals surface area (Å²) in [5, 5.41) is 4.65. The molecule has 0 N–H and O–H groups in total. The average molecular weight is 465 g/mol. The van der Waals surface area contributed by atoms with E-state index in [2.05, 4.69) is 15.0 Å². The van der Waals surface area contributed by atoms with Crippen LogP contribution >= 0.6 is 22.9 Å². The topological polar surface area (TPSA) is 43.2 Å². The van der Waals surface area contributed by atoms with Crippen LogP contribution in [0.5, 0.6) is 0 Å². The highest BCUT2D eigenvalue weighted by Crippen LogP contribution is 2.52.